The molecule has 0 radical (unpaired) electrons. The van der Waals surface area contributed by atoms with Crippen molar-refractivity contribution in [3.05, 3.63) is 44.4 Å². The zero-order chi connectivity index (χ0) is 14.1. The van der Waals surface area contributed by atoms with Crippen LogP contribution in [0.25, 0.3) is 0 Å². The van der Waals surface area contributed by atoms with Crippen LogP contribution in [0.2, 0.25) is 0 Å². The number of fused-ring (bicyclic) bond motifs is 1. The maximum absolute atomic E-state index is 12.3. The number of amides is 1. The van der Waals surface area contributed by atoms with Gasteiger partial charge >= 0.3 is 0 Å². The van der Waals surface area contributed by atoms with Gasteiger partial charge in [-0.25, -0.2) is 0 Å². The monoisotopic (exact) mass is 288 g/mol. The minimum absolute atomic E-state index is 0.0319. The van der Waals surface area contributed by atoms with Crippen LogP contribution in [0.3, 0.4) is 0 Å². The first-order valence-corrected chi connectivity index (χ1v) is 7.39. The number of nitrogens with one attached hydrogen (secondary N) is 1. The molecule has 0 saturated carbocycles. The maximum Gasteiger partial charge on any atom is 0.265 e. The topological polar surface area (TPSA) is 79.8 Å². The molecule has 0 fully saturated rings. The molecule has 2 aliphatic rings. The summed E-state index contributed by atoms with van der Waals surface area (Å²) in [6.07, 6.45) is 4.56. The number of nitrogens with two attached hydrogens (primary N) is 1. The lowest BCUT2D eigenvalue weighted by Crippen LogP contribution is -2.30. The summed E-state index contributed by atoms with van der Waals surface area (Å²) in [5.41, 5.74) is 7.83. The Morgan fingerprint density at radius 2 is 2.25 bits per heavy atom. The third kappa shape index (κ3) is 2.57. The van der Waals surface area contributed by atoms with Gasteiger partial charge in [-0.2, -0.15) is 0 Å². The fourth-order valence-electron chi connectivity index (χ4n) is 2.21. The second-order valence-corrected chi connectivity index (χ2v) is 5.94. The third-order valence-electron chi connectivity index (χ3n) is 3.33. The lowest BCUT2D eigenvalue weighted by molar-refractivity contribution is 0.0968. The first-order chi connectivity index (χ1) is 9.63. The summed E-state index contributed by atoms with van der Waals surface area (Å²) < 4.78 is 0.854. The molecule has 0 aromatic carbocycles. The fourth-order valence-corrected chi connectivity index (χ4v) is 3.12. The van der Waals surface area contributed by atoms with E-state index in [9.17, 15) is 4.79 Å². The van der Waals surface area contributed by atoms with Gasteiger partial charge in [-0.15, -0.1) is 11.3 Å². The molecule has 6 heteroatoms. The molecule has 1 atom stereocenters. The average molecular weight is 288 g/mol. The van der Waals surface area contributed by atoms with Crippen molar-refractivity contribution in [1.82, 2.24) is 5.32 Å². The lowest BCUT2D eigenvalue weighted by atomic mass is 10.0. The second kappa shape index (κ2) is 5.30. The van der Waals surface area contributed by atoms with E-state index >= 15 is 0 Å². The Morgan fingerprint density at radius 3 is 3.05 bits per heavy atom. The Balaban J connectivity index is 1.84. The van der Waals surface area contributed by atoms with E-state index in [4.69, 9.17) is 5.73 Å². The first-order valence-electron chi connectivity index (χ1n) is 6.57. The SMILES string of the molecule is CC1=C(NC(=O)c2cc3c(s2)=NCCN=3)CC(N)C=C1. The van der Waals surface area contributed by atoms with E-state index in [0.29, 0.717) is 24.4 Å². The second-order valence-electron chi connectivity index (χ2n) is 4.91. The molecule has 3 N–H and O–H groups in total. The molecule has 104 valence electrons. The number of rotatable bonds is 2. The van der Waals surface area contributed by atoms with Crippen molar-refractivity contribution in [3.63, 3.8) is 0 Å². The van der Waals surface area contributed by atoms with Crippen LogP contribution in [0, 0.1) is 0 Å². The number of nitrogens with zero attached hydrogens (tertiary/aromatic N) is 2. The third-order valence-corrected chi connectivity index (χ3v) is 4.38. The van der Waals surface area contributed by atoms with Gasteiger partial charge in [-0.1, -0.05) is 12.2 Å². The molecule has 1 aliphatic heterocycles. The van der Waals surface area contributed by atoms with E-state index in [1.807, 2.05) is 25.1 Å². The zero-order valence-electron chi connectivity index (χ0n) is 11.2. The van der Waals surface area contributed by atoms with Gasteiger partial charge in [0.2, 0.25) is 0 Å². The molecular weight excluding hydrogens is 272 g/mol. The molecule has 3 rings (SSSR count). The standard InChI is InChI=1S/C14H16N4OS/c1-8-2-3-9(15)6-10(8)18-13(19)12-7-11-14(20-12)17-5-4-16-11/h2-3,7,9H,4-6,15H2,1H3,(H,18,19). The van der Waals surface area contributed by atoms with Crippen LogP contribution in [0.1, 0.15) is 23.0 Å². The van der Waals surface area contributed by atoms with Crippen LogP contribution in [0.15, 0.2) is 39.5 Å². The Morgan fingerprint density at radius 1 is 1.45 bits per heavy atom. The van der Waals surface area contributed by atoms with Crippen molar-refractivity contribution in [3.8, 4) is 0 Å². The molecule has 1 aromatic heterocycles. The quantitative estimate of drug-likeness (QED) is 0.820. The molecule has 5 nitrogen and oxygen atoms in total. The van der Waals surface area contributed by atoms with Crippen molar-refractivity contribution < 1.29 is 4.79 Å². The highest BCUT2D eigenvalue weighted by Crippen LogP contribution is 2.16. The van der Waals surface area contributed by atoms with Gasteiger partial charge in [0.1, 0.15) is 4.67 Å². The smallest absolute Gasteiger partial charge is 0.265 e. The number of hydrogen-bond donors (Lipinski definition) is 2. The zero-order valence-corrected chi connectivity index (χ0v) is 12.0. The summed E-state index contributed by atoms with van der Waals surface area (Å²) in [6.45, 7) is 3.38. The average Bonchev–Trinajstić information content (AvgIpc) is 2.87. The van der Waals surface area contributed by atoms with Crippen LogP contribution < -0.4 is 21.1 Å². The van der Waals surface area contributed by atoms with Gasteiger partial charge < -0.3 is 11.1 Å². The molecule has 1 aliphatic carbocycles. The van der Waals surface area contributed by atoms with E-state index in [2.05, 4.69) is 15.3 Å². The van der Waals surface area contributed by atoms with Crippen molar-refractivity contribution >= 4 is 17.2 Å². The number of hydrogen-bond acceptors (Lipinski definition) is 5. The molecule has 0 saturated heterocycles. The largest absolute Gasteiger partial charge is 0.325 e. The molecule has 0 spiro atoms. The molecule has 0 bridgehead atoms. The molecule has 1 amide bonds. The molecular formula is C14H16N4OS. The summed E-state index contributed by atoms with van der Waals surface area (Å²) in [6, 6.07) is 1.78. The number of carbonyl (C=O) groups is 1. The Kier molecular flexibility index (Phi) is 3.50. The van der Waals surface area contributed by atoms with Crippen molar-refractivity contribution in [2.75, 3.05) is 13.1 Å². The van der Waals surface area contributed by atoms with Crippen molar-refractivity contribution in [2.45, 2.75) is 19.4 Å². The normalized spacial score (nSPS) is 21.0. The number of carbonyl (C=O) groups excluding carboxylic acids is 1. The van der Waals surface area contributed by atoms with Crippen molar-refractivity contribution in [1.29, 1.82) is 0 Å². The van der Waals surface area contributed by atoms with Crippen LogP contribution >= 0.6 is 11.3 Å². The van der Waals surface area contributed by atoms with Gasteiger partial charge in [0.25, 0.3) is 5.91 Å². The first kappa shape index (κ1) is 13.2. The Bertz CT molecular complexity index is 695. The Labute approximate surface area is 120 Å². The number of allylic oxidation sites excluding steroid dienone is 2. The van der Waals surface area contributed by atoms with Gasteiger partial charge in [0.05, 0.1) is 23.3 Å². The van der Waals surface area contributed by atoms with Gasteiger partial charge in [0.15, 0.2) is 0 Å². The van der Waals surface area contributed by atoms with Gasteiger partial charge in [-0.05, 0) is 18.6 Å². The van der Waals surface area contributed by atoms with Crippen LogP contribution in [-0.4, -0.2) is 25.0 Å². The minimum Gasteiger partial charge on any atom is -0.325 e. The predicted octanol–water partition coefficient (Wildman–Crippen LogP) is 0.292. The summed E-state index contributed by atoms with van der Waals surface area (Å²) >= 11 is 1.39. The van der Waals surface area contributed by atoms with Gasteiger partial charge in [-0.3, -0.25) is 14.8 Å². The summed E-state index contributed by atoms with van der Waals surface area (Å²) in [4.78, 5) is 21.7. The fraction of sp³-hybridized carbons (Fsp3) is 0.357. The van der Waals surface area contributed by atoms with E-state index in [-0.39, 0.29) is 11.9 Å². The van der Waals surface area contributed by atoms with Crippen LogP contribution in [0.4, 0.5) is 0 Å². The van der Waals surface area contributed by atoms with E-state index in [1.54, 1.807) is 0 Å². The molecule has 20 heavy (non-hydrogen) atoms. The van der Waals surface area contributed by atoms with E-state index < -0.39 is 0 Å². The predicted molar refractivity (Wildman–Crippen MR) is 78.3 cm³/mol. The minimum atomic E-state index is -0.105. The highest BCUT2D eigenvalue weighted by Gasteiger charge is 2.16. The van der Waals surface area contributed by atoms with Gasteiger partial charge in [0, 0.05) is 18.2 Å². The van der Waals surface area contributed by atoms with Crippen LogP contribution in [0.5, 0.6) is 0 Å². The highest BCUT2D eigenvalue weighted by atomic mass is 32.1. The highest BCUT2D eigenvalue weighted by molar-refractivity contribution is 7.11. The van der Waals surface area contributed by atoms with Crippen molar-refractivity contribution in [2.24, 2.45) is 15.7 Å². The molecule has 1 unspecified atom stereocenters. The Hall–Kier alpha value is -1.79. The summed E-state index contributed by atoms with van der Waals surface area (Å²) in [5.74, 6) is -0.105. The molecule has 2 heterocycles. The summed E-state index contributed by atoms with van der Waals surface area (Å²) in [5, 5.41) is 3.79. The number of thiophene rings is 1. The lowest BCUT2D eigenvalue weighted by Gasteiger charge is -2.18. The van der Waals surface area contributed by atoms with E-state index in [1.165, 1.54) is 11.3 Å². The van der Waals surface area contributed by atoms with Crippen LogP contribution in [-0.2, 0) is 0 Å². The molecule has 1 aromatic rings. The summed E-state index contributed by atoms with van der Waals surface area (Å²) in [7, 11) is 0. The maximum atomic E-state index is 12.3. The van der Waals surface area contributed by atoms with E-state index in [0.717, 1.165) is 21.3 Å².